The summed E-state index contributed by atoms with van der Waals surface area (Å²) in [5.41, 5.74) is 1.76. The predicted octanol–water partition coefficient (Wildman–Crippen LogP) is 2.07. The molecule has 134 valence electrons. The Morgan fingerprint density at radius 1 is 1.56 bits per heavy atom. The molecule has 2 unspecified atom stereocenters. The lowest BCUT2D eigenvalue weighted by Crippen LogP contribution is -2.43. The number of carboxylic acid groups (broad SMARTS) is 1. The third kappa shape index (κ3) is 2.56. The number of hydrogen-bond acceptors (Lipinski definition) is 5. The Morgan fingerprint density at radius 3 is 3.08 bits per heavy atom. The van der Waals surface area contributed by atoms with Gasteiger partial charge in [-0.3, -0.25) is 9.69 Å². The maximum atomic E-state index is 11.2. The number of carboxylic acids is 1. The van der Waals surface area contributed by atoms with Crippen LogP contribution in [0, 0.1) is 0 Å². The molecular formula is C18H20BrNO5. The van der Waals surface area contributed by atoms with E-state index in [9.17, 15) is 15.0 Å². The van der Waals surface area contributed by atoms with E-state index in [1.165, 1.54) is 0 Å². The Labute approximate surface area is 154 Å². The van der Waals surface area contributed by atoms with Gasteiger partial charge in [0.15, 0.2) is 11.5 Å². The lowest BCUT2D eigenvalue weighted by Gasteiger charge is -2.35. The second-order valence-electron chi connectivity index (χ2n) is 6.91. The average molecular weight is 410 g/mol. The topological polar surface area (TPSA) is 79.2 Å². The fourth-order valence-corrected chi connectivity index (χ4v) is 4.87. The molecule has 0 saturated heterocycles. The lowest BCUT2D eigenvalue weighted by molar-refractivity contribution is -0.138. The number of rotatable bonds is 3. The summed E-state index contributed by atoms with van der Waals surface area (Å²) in [6, 6.07) is 1.88. The highest BCUT2D eigenvalue weighted by atomic mass is 79.9. The van der Waals surface area contributed by atoms with E-state index in [1.807, 2.05) is 17.0 Å². The molecule has 3 aliphatic rings. The number of ether oxygens (including phenoxy) is 2. The summed E-state index contributed by atoms with van der Waals surface area (Å²) in [6.07, 6.45) is 4.45. The highest BCUT2D eigenvalue weighted by molar-refractivity contribution is 9.10. The second-order valence-corrected chi connectivity index (χ2v) is 7.76. The summed E-state index contributed by atoms with van der Waals surface area (Å²) < 4.78 is 12.7. The normalized spacial score (nSPS) is 30.2. The van der Waals surface area contributed by atoms with E-state index in [0.29, 0.717) is 25.3 Å². The largest absolute Gasteiger partial charge is 0.493 e. The Balaban J connectivity index is 1.90. The molecule has 1 aromatic carbocycles. The SMILES string of the molecule is COc1cc(Br)c2c3c1O[C@@H]1CC(O)C=CC31CCN(CC(=O)O)C2. The minimum absolute atomic E-state index is 0.00118. The van der Waals surface area contributed by atoms with Crippen molar-refractivity contribution in [3.8, 4) is 11.5 Å². The molecule has 3 atom stereocenters. The smallest absolute Gasteiger partial charge is 0.317 e. The molecule has 0 saturated carbocycles. The first kappa shape index (κ1) is 16.9. The van der Waals surface area contributed by atoms with Gasteiger partial charge in [0.2, 0.25) is 0 Å². The number of aliphatic hydroxyl groups excluding tert-OH is 1. The van der Waals surface area contributed by atoms with E-state index in [1.54, 1.807) is 7.11 Å². The minimum atomic E-state index is -0.832. The molecule has 0 amide bonds. The third-order valence-corrected chi connectivity index (χ3v) is 6.18. The van der Waals surface area contributed by atoms with Crippen molar-refractivity contribution in [2.24, 2.45) is 0 Å². The number of carbonyl (C=O) groups is 1. The van der Waals surface area contributed by atoms with Crippen molar-refractivity contribution in [2.75, 3.05) is 20.2 Å². The Morgan fingerprint density at radius 2 is 2.36 bits per heavy atom. The van der Waals surface area contributed by atoms with Gasteiger partial charge in [0.05, 0.1) is 25.2 Å². The van der Waals surface area contributed by atoms with Crippen molar-refractivity contribution in [2.45, 2.75) is 37.0 Å². The summed E-state index contributed by atoms with van der Waals surface area (Å²) in [6.45, 7) is 1.18. The predicted molar refractivity (Wildman–Crippen MR) is 94.1 cm³/mol. The Bertz CT molecular complexity index is 764. The average Bonchev–Trinajstić information content (AvgIpc) is 2.79. The van der Waals surface area contributed by atoms with E-state index < -0.39 is 12.1 Å². The van der Waals surface area contributed by atoms with Gasteiger partial charge in [0.1, 0.15) is 6.10 Å². The van der Waals surface area contributed by atoms with Crippen LogP contribution in [-0.2, 0) is 16.8 Å². The van der Waals surface area contributed by atoms with Gasteiger partial charge in [-0.15, -0.1) is 0 Å². The summed E-state index contributed by atoms with van der Waals surface area (Å²) in [5.74, 6) is 0.553. The molecule has 1 aliphatic carbocycles. The van der Waals surface area contributed by atoms with Crippen LogP contribution in [0.15, 0.2) is 22.7 Å². The number of aliphatic carboxylic acids is 1. The number of benzene rings is 1. The van der Waals surface area contributed by atoms with Crippen LogP contribution in [0.3, 0.4) is 0 Å². The fourth-order valence-electron chi connectivity index (χ4n) is 4.34. The maximum Gasteiger partial charge on any atom is 0.317 e. The molecule has 0 aromatic heterocycles. The van der Waals surface area contributed by atoms with Gasteiger partial charge < -0.3 is 19.7 Å². The van der Waals surface area contributed by atoms with Crippen LogP contribution in [0.4, 0.5) is 0 Å². The first-order valence-electron chi connectivity index (χ1n) is 8.32. The van der Waals surface area contributed by atoms with Gasteiger partial charge >= 0.3 is 5.97 Å². The highest BCUT2D eigenvalue weighted by Gasteiger charge is 2.53. The van der Waals surface area contributed by atoms with Crippen LogP contribution >= 0.6 is 15.9 Å². The van der Waals surface area contributed by atoms with E-state index >= 15 is 0 Å². The highest BCUT2D eigenvalue weighted by Crippen LogP contribution is 2.57. The van der Waals surface area contributed by atoms with Gasteiger partial charge in [-0.05, 0) is 18.1 Å². The Hall–Kier alpha value is -1.57. The number of hydrogen-bond donors (Lipinski definition) is 2. The molecule has 2 aliphatic heterocycles. The molecule has 1 spiro atoms. The van der Waals surface area contributed by atoms with Crippen molar-refractivity contribution in [3.63, 3.8) is 0 Å². The summed E-state index contributed by atoms with van der Waals surface area (Å²) in [5, 5.41) is 19.3. The Kier molecular flexibility index (Phi) is 4.05. The van der Waals surface area contributed by atoms with Gasteiger partial charge in [0, 0.05) is 29.5 Å². The quantitative estimate of drug-likeness (QED) is 0.743. The molecule has 1 aromatic rings. The minimum Gasteiger partial charge on any atom is -0.493 e. The lowest BCUT2D eigenvalue weighted by atomic mass is 9.69. The number of aliphatic hydroxyl groups is 1. The second kappa shape index (κ2) is 6.00. The van der Waals surface area contributed by atoms with Crippen LogP contribution in [0.25, 0.3) is 0 Å². The van der Waals surface area contributed by atoms with Crippen molar-refractivity contribution in [1.82, 2.24) is 4.90 Å². The van der Waals surface area contributed by atoms with Gasteiger partial charge in [-0.25, -0.2) is 0 Å². The van der Waals surface area contributed by atoms with E-state index in [0.717, 1.165) is 27.8 Å². The molecule has 4 rings (SSSR count). The monoisotopic (exact) mass is 409 g/mol. The molecule has 2 heterocycles. The molecule has 0 radical (unpaired) electrons. The first-order chi connectivity index (χ1) is 11.9. The molecular weight excluding hydrogens is 390 g/mol. The number of methoxy groups -OCH3 is 1. The van der Waals surface area contributed by atoms with Crippen molar-refractivity contribution in [1.29, 1.82) is 0 Å². The van der Waals surface area contributed by atoms with Crippen LogP contribution in [0.2, 0.25) is 0 Å². The molecule has 0 fully saturated rings. The van der Waals surface area contributed by atoms with Crippen molar-refractivity contribution >= 4 is 21.9 Å². The van der Waals surface area contributed by atoms with Crippen LogP contribution in [-0.4, -0.2) is 53.5 Å². The van der Waals surface area contributed by atoms with E-state index in [-0.39, 0.29) is 18.1 Å². The summed E-state index contributed by atoms with van der Waals surface area (Å²) in [4.78, 5) is 13.2. The third-order valence-electron chi connectivity index (χ3n) is 5.47. The number of nitrogens with zero attached hydrogens (tertiary/aromatic N) is 1. The van der Waals surface area contributed by atoms with E-state index in [4.69, 9.17) is 9.47 Å². The van der Waals surface area contributed by atoms with Gasteiger partial charge in [-0.2, -0.15) is 0 Å². The molecule has 2 N–H and O–H groups in total. The van der Waals surface area contributed by atoms with Gasteiger partial charge in [-0.1, -0.05) is 28.1 Å². The molecule has 0 bridgehead atoms. The van der Waals surface area contributed by atoms with Gasteiger partial charge in [0.25, 0.3) is 0 Å². The zero-order chi connectivity index (χ0) is 17.8. The molecule has 7 heteroatoms. The van der Waals surface area contributed by atoms with E-state index in [2.05, 4.69) is 22.0 Å². The molecule has 25 heavy (non-hydrogen) atoms. The zero-order valence-corrected chi connectivity index (χ0v) is 15.5. The van der Waals surface area contributed by atoms with Crippen LogP contribution in [0.5, 0.6) is 11.5 Å². The summed E-state index contributed by atoms with van der Waals surface area (Å²) in [7, 11) is 1.61. The maximum absolute atomic E-state index is 11.2. The van der Waals surface area contributed by atoms with Crippen molar-refractivity contribution < 1.29 is 24.5 Å². The van der Waals surface area contributed by atoms with Crippen LogP contribution in [0.1, 0.15) is 24.0 Å². The first-order valence-corrected chi connectivity index (χ1v) is 9.12. The standard InChI is InChI=1S/C18H20BrNO5/c1-24-13-7-12(19)11-8-20(9-15(22)23)5-4-18-3-2-10(21)6-14(18)25-17(13)16(11)18/h2-3,7,10,14,21H,4-6,8-9H2,1H3,(H,22,23)/t10?,14-,18?/m1/s1. The molecule has 6 nitrogen and oxygen atoms in total. The van der Waals surface area contributed by atoms with Crippen molar-refractivity contribution in [3.05, 3.63) is 33.8 Å². The van der Waals surface area contributed by atoms with Crippen LogP contribution < -0.4 is 9.47 Å². The fraction of sp³-hybridized carbons (Fsp3) is 0.500. The number of halogens is 1. The zero-order valence-electron chi connectivity index (χ0n) is 13.9. The summed E-state index contributed by atoms with van der Waals surface area (Å²) >= 11 is 3.63.